The Hall–Kier alpha value is -1.92. The zero-order valence-electron chi connectivity index (χ0n) is 10.6. The summed E-state index contributed by atoms with van der Waals surface area (Å²) in [5.74, 6) is 0.919. The molecule has 1 aromatic heterocycles. The number of nitrogens with one attached hydrogen (secondary N) is 2. The molecule has 1 fully saturated rings. The molecule has 0 saturated carbocycles. The van der Waals surface area contributed by atoms with E-state index in [4.69, 9.17) is 4.52 Å². The molecule has 7 heteroatoms. The van der Waals surface area contributed by atoms with Crippen molar-refractivity contribution in [3.05, 3.63) is 11.7 Å². The first kappa shape index (κ1) is 12.5. The summed E-state index contributed by atoms with van der Waals surface area (Å²) in [6.07, 6.45) is 0.481. The highest BCUT2D eigenvalue weighted by molar-refractivity contribution is 6.04. The lowest BCUT2D eigenvalue weighted by atomic mass is 9.98. The Bertz CT molecular complexity index is 469. The van der Waals surface area contributed by atoms with Gasteiger partial charge in [0.05, 0.1) is 0 Å². The van der Waals surface area contributed by atoms with E-state index < -0.39 is 12.1 Å². The summed E-state index contributed by atoms with van der Waals surface area (Å²) in [5.41, 5.74) is 0. The van der Waals surface area contributed by atoms with Crippen LogP contribution in [0.5, 0.6) is 0 Å². The van der Waals surface area contributed by atoms with Gasteiger partial charge < -0.3 is 9.84 Å². The van der Waals surface area contributed by atoms with E-state index in [-0.39, 0.29) is 17.7 Å². The molecule has 0 aliphatic carbocycles. The van der Waals surface area contributed by atoms with Crippen molar-refractivity contribution in [1.82, 2.24) is 20.8 Å². The van der Waals surface area contributed by atoms with Crippen LogP contribution in [-0.2, 0) is 11.2 Å². The third-order valence-electron chi connectivity index (χ3n) is 2.86. The molecule has 18 heavy (non-hydrogen) atoms. The maximum atomic E-state index is 11.5. The summed E-state index contributed by atoms with van der Waals surface area (Å²) in [4.78, 5) is 26.7. The molecule has 1 saturated heterocycles. The Morgan fingerprint density at radius 1 is 1.33 bits per heavy atom. The van der Waals surface area contributed by atoms with E-state index in [0.717, 1.165) is 0 Å². The Kier molecular flexibility index (Phi) is 3.31. The van der Waals surface area contributed by atoms with E-state index in [9.17, 15) is 9.59 Å². The van der Waals surface area contributed by atoms with E-state index in [0.29, 0.717) is 18.1 Å². The molecule has 2 atom stereocenters. The van der Waals surface area contributed by atoms with Gasteiger partial charge in [0, 0.05) is 12.3 Å². The van der Waals surface area contributed by atoms with Crippen molar-refractivity contribution in [3.63, 3.8) is 0 Å². The van der Waals surface area contributed by atoms with Crippen LogP contribution in [0.3, 0.4) is 0 Å². The lowest BCUT2D eigenvalue weighted by molar-refractivity contribution is -0.121. The van der Waals surface area contributed by atoms with E-state index in [1.54, 1.807) is 0 Å². The Morgan fingerprint density at radius 2 is 2.06 bits per heavy atom. The number of nitrogens with zero attached hydrogens (tertiary/aromatic N) is 2. The van der Waals surface area contributed by atoms with Gasteiger partial charge in [-0.25, -0.2) is 4.79 Å². The van der Waals surface area contributed by atoms with Crippen molar-refractivity contribution in [1.29, 1.82) is 0 Å². The number of urea groups is 1. The van der Waals surface area contributed by atoms with Gasteiger partial charge in [0.2, 0.25) is 5.89 Å². The number of hydrogen-bond acceptors (Lipinski definition) is 5. The van der Waals surface area contributed by atoms with Gasteiger partial charge in [0.1, 0.15) is 6.04 Å². The maximum Gasteiger partial charge on any atom is 0.322 e. The molecule has 3 amide bonds. The molecule has 0 radical (unpaired) electrons. The Morgan fingerprint density at radius 3 is 2.56 bits per heavy atom. The average molecular weight is 252 g/mol. The average Bonchev–Trinajstić information content (AvgIpc) is 2.85. The highest BCUT2D eigenvalue weighted by atomic mass is 16.5. The SMILES string of the molecule is CC(C)c1nc(CC(C)C2NC(=O)NC2=O)no1. The number of imide groups is 1. The smallest absolute Gasteiger partial charge is 0.322 e. The highest BCUT2D eigenvalue weighted by Crippen LogP contribution is 2.15. The van der Waals surface area contributed by atoms with Gasteiger partial charge in [0.15, 0.2) is 5.82 Å². The van der Waals surface area contributed by atoms with E-state index >= 15 is 0 Å². The third-order valence-corrected chi connectivity index (χ3v) is 2.86. The number of carbonyl (C=O) groups is 2. The second kappa shape index (κ2) is 4.75. The van der Waals surface area contributed by atoms with E-state index in [1.165, 1.54) is 0 Å². The first-order chi connectivity index (χ1) is 8.47. The van der Waals surface area contributed by atoms with Crippen molar-refractivity contribution < 1.29 is 14.1 Å². The van der Waals surface area contributed by atoms with Crippen LogP contribution < -0.4 is 10.6 Å². The quantitative estimate of drug-likeness (QED) is 0.764. The van der Waals surface area contributed by atoms with Gasteiger partial charge in [-0.15, -0.1) is 0 Å². The topological polar surface area (TPSA) is 97.1 Å². The minimum atomic E-state index is -0.529. The fourth-order valence-corrected chi connectivity index (χ4v) is 1.82. The molecule has 1 aliphatic rings. The summed E-state index contributed by atoms with van der Waals surface area (Å²) in [6.45, 7) is 5.79. The van der Waals surface area contributed by atoms with Gasteiger partial charge in [-0.05, 0) is 5.92 Å². The van der Waals surface area contributed by atoms with Crippen LogP contribution in [0.15, 0.2) is 4.52 Å². The van der Waals surface area contributed by atoms with Crippen molar-refractivity contribution in [2.24, 2.45) is 5.92 Å². The first-order valence-electron chi connectivity index (χ1n) is 5.91. The summed E-state index contributed by atoms with van der Waals surface area (Å²) in [5, 5.41) is 8.63. The number of hydrogen-bond donors (Lipinski definition) is 2. The minimum Gasteiger partial charge on any atom is -0.339 e. The van der Waals surface area contributed by atoms with Crippen molar-refractivity contribution in [2.45, 2.75) is 39.2 Å². The van der Waals surface area contributed by atoms with Crippen molar-refractivity contribution in [2.75, 3.05) is 0 Å². The number of amides is 3. The molecule has 2 N–H and O–H groups in total. The zero-order valence-corrected chi connectivity index (χ0v) is 10.6. The fourth-order valence-electron chi connectivity index (χ4n) is 1.82. The largest absolute Gasteiger partial charge is 0.339 e. The summed E-state index contributed by atoms with van der Waals surface area (Å²) < 4.78 is 5.09. The van der Waals surface area contributed by atoms with Crippen LogP contribution in [0.25, 0.3) is 0 Å². The molecular weight excluding hydrogens is 236 g/mol. The third kappa shape index (κ3) is 2.49. The normalized spacial score (nSPS) is 21.0. The van der Waals surface area contributed by atoms with E-state index in [2.05, 4.69) is 20.8 Å². The van der Waals surface area contributed by atoms with Crippen LogP contribution in [-0.4, -0.2) is 28.1 Å². The van der Waals surface area contributed by atoms with Gasteiger partial charge in [-0.2, -0.15) is 4.98 Å². The number of carbonyl (C=O) groups excluding carboxylic acids is 2. The maximum absolute atomic E-state index is 11.5. The minimum absolute atomic E-state index is 0.0888. The zero-order chi connectivity index (χ0) is 13.3. The molecule has 0 spiro atoms. The van der Waals surface area contributed by atoms with Gasteiger partial charge >= 0.3 is 6.03 Å². The van der Waals surface area contributed by atoms with Crippen molar-refractivity contribution in [3.8, 4) is 0 Å². The lowest BCUT2D eigenvalue weighted by Gasteiger charge is -2.14. The van der Waals surface area contributed by atoms with Crippen LogP contribution in [0, 0.1) is 5.92 Å². The Balaban J connectivity index is 2.00. The summed E-state index contributed by atoms with van der Waals surface area (Å²) in [7, 11) is 0. The predicted molar refractivity (Wildman–Crippen MR) is 61.7 cm³/mol. The molecule has 0 aromatic carbocycles. The molecule has 2 heterocycles. The predicted octanol–water partition coefficient (Wildman–Crippen LogP) is 0.580. The lowest BCUT2D eigenvalue weighted by Crippen LogP contribution is -2.36. The summed E-state index contributed by atoms with van der Waals surface area (Å²) >= 11 is 0. The van der Waals surface area contributed by atoms with Gasteiger partial charge in [-0.3, -0.25) is 10.1 Å². The Labute approximate surface area is 104 Å². The van der Waals surface area contributed by atoms with Crippen LogP contribution in [0.1, 0.15) is 38.4 Å². The standard InChI is InChI=1S/C11H16N4O3/c1-5(2)10-12-7(15-18-10)4-6(3)8-9(16)14-11(17)13-8/h5-6,8H,4H2,1-3H3,(H2,13,14,16,17). The van der Waals surface area contributed by atoms with Crippen LogP contribution >= 0.6 is 0 Å². The first-order valence-corrected chi connectivity index (χ1v) is 5.91. The molecule has 2 rings (SSSR count). The van der Waals surface area contributed by atoms with E-state index in [1.807, 2.05) is 20.8 Å². The van der Waals surface area contributed by atoms with Crippen LogP contribution in [0.4, 0.5) is 4.79 Å². The van der Waals surface area contributed by atoms with Crippen molar-refractivity contribution >= 4 is 11.9 Å². The number of rotatable bonds is 4. The molecule has 7 nitrogen and oxygen atoms in total. The highest BCUT2D eigenvalue weighted by Gasteiger charge is 2.34. The summed E-state index contributed by atoms with van der Waals surface area (Å²) in [6, 6.07) is -0.980. The number of aromatic nitrogens is 2. The second-order valence-corrected chi connectivity index (χ2v) is 4.83. The second-order valence-electron chi connectivity index (χ2n) is 4.83. The molecule has 1 aliphatic heterocycles. The van der Waals surface area contributed by atoms with Gasteiger partial charge in [-0.1, -0.05) is 25.9 Å². The van der Waals surface area contributed by atoms with Gasteiger partial charge in [0.25, 0.3) is 5.91 Å². The van der Waals surface area contributed by atoms with Crippen LogP contribution in [0.2, 0.25) is 0 Å². The molecule has 0 bridgehead atoms. The fraction of sp³-hybridized carbons (Fsp3) is 0.636. The molecule has 1 aromatic rings. The monoisotopic (exact) mass is 252 g/mol. The molecular formula is C11H16N4O3. The molecule has 98 valence electrons. The molecule has 2 unspecified atom stereocenters.